The molecule has 2 fully saturated rings. The minimum absolute atomic E-state index is 0.111. The van der Waals surface area contributed by atoms with Crippen molar-refractivity contribution < 1.29 is 9.59 Å². The number of carbonyl (C=O) groups excluding carboxylic acids is 2. The Hall–Kier alpha value is -3.88. The van der Waals surface area contributed by atoms with Crippen molar-refractivity contribution in [1.29, 1.82) is 0 Å². The third kappa shape index (κ3) is 4.65. The van der Waals surface area contributed by atoms with Crippen molar-refractivity contribution >= 4 is 34.7 Å². The van der Waals surface area contributed by atoms with Crippen molar-refractivity contribution in [3.8, 4) is 0 Å². The quantitative estimate of drug-likeness (QED) is 0.466. The first-order valence-electron chi connectivity index (χ1n) is 12.4. The van der Waals surface area contributed by atoms with Gasteiger partial charge in [-0.3, -0.25) is 9.59 Å². The van der Waals surface area contributed by atoms with Gasteiger partial charge in [0.25, 0.3) is 5.91 Å². The van der Waals surface area contributed by atoms with E-state index in [-0.39, 0.29) is 23.4 Å². The zero-order chi connectivity index (χ0) is 25.4. The lowest BCUT2D eigenvalue weighted by Crippen LogP contribution is -2.46. The first-order chi connectivity index (χ1) is 17.3. The van der Waals surface area contributed by atoms with Crippen LogP contribution in [0.25, 0.3) is 0 Å². The summed E-state index contributed by atoms with van der Waals surface area (Å²) in [6.07, 6.45) is 10.1. The normalized spacial score (nSPS) is 20.9. The molecule has 2 bridgehead atoms. The zero-order valence-corrected chi connectivity index (χ0v) is 21.0. The number of hydrogen-bond donors (Lipinski definition) is 2. The highest BCUT2D eigenvalue weighted by atomic mass is 16.1. The molecule has 188 valence electrons. The van der Waals surface area contributed by atoms with E-state index >= 15 is 0 Å². The van der Waals surface area contributed by atoms with Gasteiger partial charge in [0, 0.05) is 63.3 Å². The molecule has 0 spiro atoms. The van der Waals surface area contributed by atoms with E-state index in [2.05, 4.69) is 15.2 Å². The van der Waals surface area contributed by atoms with Gasteiger partial charge >= 0.3 is 0 Å². The summed E-state index contributed by atoms with van der Waals surface area (Å²) < 4.78 is 1.91. The van der Waals surface area contributed by atoms with Crippen LogP contribution in [0, 0.1) is 5.92 Å². The second-order valence-corrected chi connectivity index (χ2v) is 10.1. The number of amides is 1. The number of aryl methyl sites for hydroxylation is 1. The summed E-state index contributed by atoms with van der Waals surface area (Å²) in [5.74, 6) is 0.867. The molecule has 36 heavy (non-hydrogen) atoms. The minimum Gasteiger partial charge on any atom is -0.378 e. The van der Waals surface area contributed by atoms with Crippen molar-refractivity contribution in [2.45, 2.75) is 44.2 Å². The summed E-state index contributed by atoms with van der Waals surface area (Å²) in [5, 5.41) is 3.20. The Morgan fingerprint density at radius 2 is 1.86 bits per heavy atom. The van der Waals surface area contributed by atoms with Crippen molar-refractivity contribution in [3.05, 3.63) is 60.2 Å². The molecule has 3 unspecified atom stereocenters. The molecule has 3 atom stereocenters. The molecule has 4 heterocycles. The van der Waals surface area contributed by atoms with Gasteiger partial charge in [-0.2, -0.15) is 0 Å². The van der Waals surface area contributed by atoms with E-state index in [0.717, 1.165) is 48.4 Å². The van der Waals surface area contributed by atoms with Crippen molar-refractivity contribution in [2.24, 2.45) is 18.7 Å². The van der Waals surface area contributed by atoms with Crippen LogP contribution in [0.3, 0.4) is 0 Å². The Bertz CT molecular complexity index is 1270. The number of rotatable bonds is 8. The molecule has 2 aromatic heterocycles. The minimum atomic E-state index is -0.627. The summed E-state index contributed by atoms with van der Waals surface area (Å²) in [4.78, 5) is 38.8. The number of carbonyl (C=O) groups is 2. The number of nitrogens with two attached hydrogens (primary N) is 1. The standard InChI is InChI=1S/C27H33N7O2/c1-32(2)20-7-4-17(5-8-20)23(35)14-18-6-9-21-10-11-22(18)34(21)24-15-29-25(26(28)36)27(31-24)30-19-12-13-33(3)16-19/h4-5,7-8,12-13,15-16,18,21-22H,6,9-11,14H2,1-3H3,(H2,28,36)(H,30,31). The molecule has 9 nitrogen and oxygen atoms in total. The first-order valence-corrected chi connectivity index (χ1v) is 12.4. The molecule has 2 aliphatic heterocycles. The Labute approximate surface area is 211 Å². The fraction of sp³-hybridized carbons (Fsp3) is 0.407. The smallest absolute Gasteiger partial charge is 0.271 e. The molecule has 2 saturated heterocycles. The third-order valence-electron chi connectivity index (χ3n) is 7.47. The molecule has 9 heteroatoms. The van der Waals surface area contributed by atoms with E-state index in [4.69, 9.17) is 10.7 Å². The highest BCUT2D eigenvalue weighted by molar-refractivity contribution is 5.97. The number of nitrogens with zero attached hydrogens (tertiary/aromatic N) is 5. The fourth-order valence-corrected chi connectivity index (χ4v) is 5.64. The summed E-state index contributed by atoms with van der Waals surface area (Å²) in [6.45, 7) is 0. The SMILES string of the molecule is CN(C)c1ccc(C(=O)CC2CCC3CCC2N3c2cnc(C(N)=O)c(Nc3ccn(C)c3)n2)cc1. The van der Waals surface area contributed by atoms with Gasteiger partial charge in [-0.15, -0.1) is 0 Å². The number of benzene rings is 1. The van der Waals surface area contributed by atoms with Crippen LogP contribution in [0.1, 0.15) is 53.0 Å². The van der Waals surface area contributed by atoms with E-state index in [1.807, 2.05) is 73.3 Å². The average Bonchev–Trinajstić information content (AvgIpc) is 3.41. The number of aromatic nitrogens is 3. The summed E-state index contributed by atoms with van der Waals surface area (Å²) in [6, 6.07) is 10.3. The van der Waals surface area contributed by atoms with Crippen LogP contribution in [0.15, 0.2) is 48.9 Å². The molecule has 0 saturated carbocycles. The number of anilines is 4. The Morgan fingerprint density at radius 3 is 2.53 bits per heavy atom. The number of piperidine rings is 1. The van der Waals surface area contributed by atoms with E-state index in [0.29, 0.717) is 18.3 Å². The fourth-order valence-electron chi connectivity index (χ4n) is 5.64. The molecular weight excluding hydrogens is 454 g/mol. The lowest BCUT2D eigenvalue weighted by Gasteiger charge is -2.40. The Morgan fingerprint density at radius 1 is 1.11 bits per heavy atom. The summed E-state index contributed by atoms with van der Waals surface area (Å²) >= 11 is 0. The van der Waals surface area contributed by atoms with Crippen LogP contribution in [-0.2, 0) is 7.05 Å². The van der Waals surface area contributed by atoms with Gasteiger partial charge < -0.3 is 25.4 Å². The maximum absolute atomic E-state index is 13.2. The van der Waals surface area contributed by atoms with Crippen LogP contribution in [-0.4, -0.2) is 52.4 Å². The molecular formula is C27H33N7O2. The lowest BCUT2D eigenvalue weighted by molar-refractivity contribution is 0.0944. The van der Waals surface area contributed by atoms with Gasteiger partial charge in [-0.1, -0.05) is 0 Å². The van der Waals surface area contributed by atoms with Crippen LogP contribution in [0.4, 0.5) is 23.0 Å². The third-order valence-corrected chi connectivity index (χ3v) is 7.47. The maximum Gasteiger partial charge on any atom is 0.271 e. The second kappa shape index (κ2) is 9.64. The number of Topliss-reactive ketones (excluding diaryl/α,β-unsaturated/α-hetero) is 1. The molecule has 0 radical (unpaired) electrons. The highest BCUT2D eigenvalue weighted by Crippen LogP contribution is 2.43. The lowest BCUT2D eigenvalue weighted by atomic mass is 9.85. The van der Waals surface area contributed by atoms with Crippen molar-refractivity contribution in [1.82, 2.24) is 14.5 Å². The van der Waals surface area contributed by atoms with Crippen molar-refractivity contribution in [3.63, 3.8) is 0 Å². The molecule has 0 aliphatic carbocycles. The number of nitrogens with one attached hydrogen (secondary N) is 1. The Kier molecular flexibility index (Phi) is 6.38. The van der Waals surface area contributed by atoms with Crippen LogP contribution in [0.2, 0.25) is 0 Å². The van der Waals surface area contributed by atoms with Gasteiger partial charge in [0.05, 0.1) is 11.9 Å². The van der Waals surface area contributed by atoms with Gasteiger partial charge in [0.1, 0.15) is 5.82 Å². The predicted octanol–water partition coefficient (Wildman–Crippen LogP) is 3.74. The van der Waals surface area contributed by atoms with Gasteiger partial charge in [0.15, 0.2) is 17.3 Å². The summed E-state index contributed by atoms with van der Waals surface area (Å²) in [5.41, 5.74) is 8.33. The first kappa shape index (κ1) is 23.8. The Balaban J connectivity index is 1.37. The van der Waals surface area contributed by atoms with Gasteiger partial charge in [-0.25, -0.2) is 9.97 Å². The zero-order valence-electron chi connectivity index (χ0n) is 21.0. The molecule has 2 aliphatic rings. The van der Waals surface area contributed by atoms with Crippen molar-refractivity contribution in [2.75, 3.05) is 29.2 Å². The highest BCUT2D eigenvalue weighted by Gasteiger charge is 2.43. The second-order valence-electron chi connectivity index (χ2n) is 10.1. The topological polar surface area (TPSA) is 109 Å². The van der Waals surface area contributed by atoms with Gasteiger partial charge in [-0.05, 0) is 61.9 Å². The molecule has 3 N–H and O–H groups in total. The summed E-state index contributed by atoms with van der Waals surface area (Å²) in [7, 11) is 5.90. The number of primary amides is 1. The number of ketones is 1. The molecule has 1 aromatic carbocycles. The van der Waals surface area contributed by atoms with E-state index in [1.165, 1.54) is 0 Å². The molecule has 3 aromatic rings. The molecule has 1 amide bonds. The van der Waals surface area contributed by atoms with E-state index in [1.54, 1.807) is 6.20 Å². The number of hydrogen-bond acceptors (Lipinski definition) is 7. The van der Waals surface area contributed by atoms with Crippen LogP contribution in [0.5, 0.6) is 0 Å². The van der Waals surface area contributed by atoms with E-state index in [9.17, 15) is 9.59 Å². The van der Waals surface area contributed by atoms with Gasteiger partial charge in [0.2, 0.25) is 0 Å². The van der Waals surface area contributed by atoms with E-state index < -0.39 is 5.91 Å². The molecule has 5 rings (SSSR count). The predicted molar refractivity (Wildman–Crippen MR) is 141 cm³/mol. The number of fused-ring (bicyclic) bond motifs is 2. The maximum atomic E-state index is 13.2. The van der Waals surface area contributed by atoms with Crippen LogP contribution >= 0.6 is 0 Å². The van der Waals surface area contributed by atoms with Crippen LogP contribution < -0.4 is 20.9 Å². The monoisotopic (exact) mass is 487 g/mol. The largest absolute Gasteiger partial charge is 0.378 e. The average molecular weight is 488 g/mol.